The molecule has 1 aliphatic carbocycles. The number of fused-ring (bicyclic) bond motifs is 2. The Labute approximate surface area is 146 Å². The topological polar surface area (TPSA) is 71.6 Å². The van der Waals surface area contributed by atoms with Gasteiger partial charge in [-0.3, -0.25) is 4.79 Å². The first-order chi connectivity index (χ1) is 12.1. The van der Waals surface area contributed by atoms with Crippen LogP contribution in [0.25, 0.3) is 10.9 Å². The zero-order valence-corrected chi connectivity index (χ0v) is 14.5. The summed E-state index contributed by atoms with van der Waals surface area (Å²) >= 11 is 0. The molecule has 6 nitrogen and oxygen atoms in total. The van der Waals surface area contributed by atoms with Gasteiger partial charge in [0.25, 0.3) is 5.91 Å². The third-order valence-electron chi connectivity index (χ3n) is 5.67. The van der Waals surface area contributed by atoms with E-state index in [0.717, 1.165) is 35.9 Å². The van der Waals surface area contributed by atoms with E-state index < -0.39 is 6.04 Å². The Morgan fingerprint density at radius 3 is 2.84 bits per heavy atom. The van der Waals surface area contributed by atoms with Gasteiger partial charge in [-0.15, -0.1) is 0 Å². The quantitative estimate of drug-likeness (QED) is 0.870. The van der Waals surface area contributed by atoms with E-state index in [0.29, 0.717) is 18.2 Å². The van der Waals surface area contributed by atoms with E-state index >= 15 is 0 Å². The lowest BCUT2D eigenvalue weighted by atomic mass is 9.94. The van der Waals surface area contributed by atoms with Crippen LogP contribution in [0.5, 0.6) is 5.75 Å². The summed E-state index contributed by atoms with van der Waals surface area (Å²) in [5.41, 5.74) is 1.32. The Kier molecular flexibility index (Phi) is 3.90. The molecule has 1 amide bonds. The second-order valence-electron chi connectivity index (χ2n) is 6.88. The molecule has 4 rings (SSSR count). The highest BCUT2D eigenvalue weighted by molar-refractivity contribution is 6.01. The normalized spacial score (nSPS) is 25.2. The number of likely N-dealkylation sites (tertiary alicyclic amines) is 1. The number of carbonyl (C=O) groups is 2. The van der Waals surface area contributed by atoms with Crippen molar-refractivity contribution in [2.45, 2.75) is 25.3 Å². The number of rotatable bonds is 3. The van der Waals surface area contributed by atoms with Gasteiger partial charge < -0.3 is 19.4 Å². The van der Waals surface area contributed by atoms with Gasteiger partial charge in [0.05, 0.1) is 14.2 Å². The number of aromatic amines is 1. The number of ether oxygens (including phenoxy) is 2. The van der Waals surface area contributed by atoms with E-state index in [1.807, 2.05) is 18.2 Å². The molecule has 1 N–H and O–H groups in total. The fourth-order valence-electron chi connectivity index (χ4n) is 4.51. The molecule has 1 aliphatic heterocycles. The number of benzene rings is 1. The van der Waals surface area contributed by atoms with Crippen molar-refractivity contribution in [1.29, 1.82) is 0 Å². The maximum Gasteiger partial charge on any atom is 0.328 e. The van der Waals surface area contributed by atoms with Crippen LogP contribution in [0.15, 0.2) is 24.3 Å². The molecule has 2 aromatic rings. The van der Waals surface area contributed by atoms with Gasteiger partial charge in [0.15, 0.2) is 0 Å². The van der Waals surface area contributed by atoms with Crippen LogP contribution >= 0.6 is 0 Å². The first-order valence-electron chi connectivity index (χ1n) is 8.68. The summed E-state index contributed by atoms with van der Waals surface area (Å²) in [6, 6.07) is 6.98. The Morgan fingerprint density at radius 2 is 2.08 bits per heavy atom. The number of nitrogens with zero attached hydrogens (tertiary/aromatic N) is 1. The molecule has 6 heteroatoms. The minimum Gasteiger partial charge on any atom is -0.496 e. The fourth-order valence-corrected chi connectivity index (χ4v) is 4.51. The summed E-state index contributed by atoms with van der Waals surface area (Å²) in [6.07, 6.45) is 3.17. The largest absolute Gasteiger partial charge is 0.496 e. The number of H-pyrrole nitrogens is 1. The van der Waals surface area contributed by atoms with Gasteiger partial charge in [0, 0.05) is 17.4 Å². The number of carbonyl (C=O) groups excluding carboxylic acids is 2. The van der Waals surface area contributed by atoms with E-state index in [2.05, 4.69) is 4.98 Å². The molecule has 3 atom stereocenters. The molecule has 1 aromatic heterocycles. The molecule has 25 heavy (non-hydrogen) atoms. The predicted molar refractivity (Wildman–Crippen MR) is 92.5 cm³/mol. The summed E-state index contributed by atoms with van der Waals surface area (Å²) in [5.74, 6) is 0.873. The molecule has 0 spiro atoms. The lowest BCUT2D eigenvalue weighted by molar-refractivity contribution is -0.146. The summed E-state index contributed by atoms with van der Waals surface area (Å²) in [5, 5.41) is 0.863. The first kappa shape index (κ1) is 16.0. The van der Waals surface area contributed by atoms with Gasteiger partial charge in [-0.05, 0) is 42.9 Å². The highest BCUT2D eigenvalue weighted by Crippen LogP contribution is 2.43. The number of nitrogens with one attached hydrogen (secondary N) is 1. The standard InChI is InChI=1S/C19H22N2O4/c1-24-16-8-4-7-14-13(16)9-15(20-14)18(22)21-10-11-5-3-6-12(11)17(21)19(23)25-2/h4,7-9,11-12,17,20H,3,5-6,10H2,1-2H3/t11-,12-,17-/m0/s1. The van der Waals surface area contributed by atoms with Crippen molar-refractivity contribution in [3.63, 3.8) is 0 Å². The van der Waals surface area contributed by atoms with Gasteiger partial charge in [0.2, 0.25) is 0 Å². The number of esters is 1. The number of aromatic nitrogens is 1. The van der Waals surface area contributed by atoms with Crippen LogP contribution in [0.2, 0.25) is 0 Å². The number of methoxy groups -OCH3 is 2. The van der Waals surface area contributed by atoms with Crippen molar-refractivity contribution in [2.24, 2.45) is 11.8 Å². The molecule has 2 fully saturated rings. The van der Waals surface area contributed by atoms with E-state index in [4.69, 9.17) is 9.47 Å². The third kappa shape index (κ3) is 2.47. The Balaban J connectivity index is 1.69. The van der Waals surface area contributed by atoms with Crippen molar-refractivity contribution < 1.29 is 19.1 Å². The van der Waals surface area contributed by atoms with E-state index in [-0.39, 0.29) is 17.8 Å². The van der Waals surface area contributed by atoms with Gasteiger partial charge in [-0.25, -0.2) is 4.79 Å². The van der Waals surface area contributed by atoms with E-state index in [9.17, 15) is 9.59 Å². The lowest BCUT2D eigenvalue weighted by Gasteiger charge is -2.25. The van der Waals surface area contributed by atoms with Gasteiger partial charge >= 0.3 is 5.97 Å². The van der Waals surface area contributed by atoms with Crippen LogP contribution < -0.4 is 4.74 Å². The fraction of sp³-hybridized carbons (Fsp3) is 0.474. The van der Waals surface area contributed by atoms with E-state index in [1.165, 1.54) is 7.11 Å². The monoisotopic (exact) mass is 342 g/mol. The predicted octanol–water partition coefficient (Wildman–Crippen LogP) is 2.59. The van der Waals surface area contributed by atoms with Crippen LogP contribution in [-0.4, -0.2) is 48.6 Å². The average Bonchev–Trinajstić information content (AvgIpc) is 3.32. The molecule has 1 aromatic carbocycles. The van der Waals surface area contributed by atoms with Gasteiger partial charge in [0.1, 0.15) is 17.5 Å². The van der Waals surface area contributed by atoms with E-state index in [1.54, 1.807) is 18.1 Å². The van der Waals surface area contributed by atoms with Gasteiger partial charge in [-0.2, -0.15) is 0 Å². The summed E-state index contributed by atoms with van der Waals surface area (Å²) < 4.78 is 10.4. The zero-order chi connectivity index (χ0) is 17.6. The number of amides is 1. The van der Waals surface area contributed by atoms with Crippen LogP contribution in [0.4, 0.5) is 0 Å². The highest BCUT2D eigenvalue weighted by Gasteiger charge is 2.50. The Morgan fingerprint density at radius 1 is 1.24 bits per heavy atom. The van der Waals surface area contributed by atoms with Crippen LogP contribution in [-0.2, 0) is 9.53 Å². The molecule has 2 heterocycles. The minimum atomic E-state index is -0.474. The summed E-state index contributed by atoms with van der Waals surface area (Å²) in [7, 11) is 3.00. The van der Waals surface area contributed by atoms with Crippen LogP contribution in [0.1, 0.15) is 29.8 Å². The summed E-state index contributed by atoms with van der Waals surface area (Å²) in [4.78, 5) is 30.3. The molecule has 1 saturated carbocycles. The number of hydrogen-bond acceptors (Lipinski definition) is 4. The Hall–Kier alpha value is -2.50. The third-order valence-corrected chi connectivity index (χ3v) is 5.67. The second kappa shape index (κ2) is 6.10. The van der Waals surface area contributed by atoms with Gasteiger partial charge in [-0.1, -0.05) is 12.5 Å². The maximum atomic E-state index is 13.1. The molecule has 132 valence electrons. The molecule has 1 saturated heterocycles. The molecule has 0 unspecified atom stereocenters. The van der Waals surface area contributed by atoms with Crippen molar-refractivity contribution >= 4 is 22.8 Å². The Bertz CT molecular complexity index is 828. The van der Waals surface area contributed by atoms with Crippen molar-refractivity contribution in [2.75, 3.05) is 20.8 Å². The van der Waals surface area contributed by atoms with Crippen LogP contribution in [0.3, 0.4) is 0 Å². The molecular weight excluding hydrogens is 320 g/mol. The SMILES string of the molecule is COC(=O)[C@@H]1[C@H]2CCC[C@H]2CN1C(=O)c1cc2c(OC)cccc2[nH]1. The molecular formula is C19H22N2O4. The first-order valence-corrected chi connectivity index (χ1v) is 8.68. The number of hydrogen-bond donors (Lipinski definition) is 1. The molecule has 0 bridgehead atoms. The van der Waals surface area contributed by atoms with Crippen molar-refractivity contribution in [3.8, 4) is 5.75 Å². The lowest BCUT2D eigenvalue weighted by Crippen LogP contribution is -2.44. The highest BCUT2D eigenvalue weighted by atomic mass is 16.5. The van der Waals surface area contributed by atoms with Crippen molar-refractivity contribution in [1.82, 2.24) is 9.88 Å². The molecule has 0 radical (unpaired) electrons. The molecule has 2 aliphatic rings. The maximum absolute atomic E-state index is 13.1. The zero-order valence-electron chi connectivity index (χ0n) is 14.5. The average molecular weight is 342 g/mol. The smallest absolute Gasteiger partial charge is 0.328 e. The van der Waals surface area contributed by atoms with Crippen molar-refractivity contribution in [3.05, 3.63) is 30.0 Å². The van der Waals surface area contributed by atoms with Crippen LogP contribution in [0, 0.1) is 11.8 Å². The minimum absolute atomic E-state index is 0.150. The second-order valence-corrected chi connectivity index (χ2v) is 6.88. The summed E-state index contributed by atoms with van der Waals surface area (Å²) in [6.45, 7) is 0.621.